The highest BCUT2D eigenvalue weighted by Crippen LogP contribution is 2.41. The molecule has 102 valence electrons. The van der Waals surface area contributed by atoms with Gasteiger partial charge in [0.05, 0.1) is 17.9 Å². The van der Waals surface area contributed by atoms with Crippen LogP contribution in [0.3, 0.4) is 0 Å². The summed E-state index contributed by atoms with van der Waals surface area (Å²) in [6, 6.07) is 7.19. The van der Waals surface area contributed by atoms with E-state index in [4.69, 9.17) is 16.7 Å². The second kappa shape index (κ2) is 5.21. The Bertz CT molecular complexity index is 517. The molecule has 2 rings (SSSR count). The van der Waals surface area contributed by atoms with Gasteiger partial charge in [-0.15, -0.1) is 0 Å². The molecule has 19 heavy (non-hydrogen) atoms. The molecule has 3 unspecified atom stereocenters. The maximum atomic E-state index is 12.2. The van der Waals surface area contributed by atoms with Crippen molar-refractivity contribution < 1.29 is 14.7 Å². The Labute approximate surface area is 117 Å². The summed E-state index contributed by atoms with van der Waals surface area (Å²) < 4.78 is 0. The Morgan fingerprint density at radius 2 is 2.00 bits per heavy atom. The lowest BCUT2D eigenvalue weighted by Crippen LogP contribution is -2.32. The predicted octanol–water partition coefficient (Wildman–Crippen LogP) is 2.58. The van der Waals surface area contributed by atoms with Crippen LogP contribution in [0.1, 0.15) is 24.9 Å². The van der Waals surface area contributed by atoms with Gasteiger partial charge >= 0.3 is 5.97 Å². The number of aliphatic carboxylic acids is 1. The number of carboxylic acids is 1. The molecule has 5 heteroatoms. The highest BCUT2D eigenvalue weighted by molar-refractivity contribution is 6.31. The number of hydrogen-bond donors (Lipinski definition) is 1. The van der Waals surface area contributed by atoms with Crippen molar-refractivity contribution in [1.82, 2.24) is 4.90 Å². The monoisotopic (exact) mass is 281 g/mol. The molecule has 1 aromatic rings. The first-order valence-corrected chi connectivity index (χ1v) is 6.55. The molecule has 1 saturated carbocycles. The third-order valence-corrected chi connectivity index (χ3v) is 4.05. The third-order valence-electron chi connectivity index (χ3n) is 3.71. The summed E-state index contributed by atoms with van der Waals surface area (Å²) in [5.41, 5.74) is 0.868. The number of carbonyl (C=O) groups is 2. The largest absolute Gasteiger partial charge is 0.481 e. The van der Waals surface area contributed by atoms with Crippen molar-refractivity contribution in [3.63, 3.8) is 0 Å². The molecule has 0 bridgehead atoms. The van der Waals surface area contributed by atoms with E-state index in [1.807, 2.05) is 25.1 Å². The van der Waals surface area contributed by atoms with Crippen LogP contribution < -0.4 is 0 Å². The molecule has 1 amide bonds. The molecule has 3 atom stereocenters. The summed E-state index contributed by atoms with van der Waals surface area (Å²) >= 11 is 6.11. The average Bonchev–Trinajstić information content (AvgIpc) is 3.17. The highest BCUT2D eigenvalue weighted by atomic mass is 35.5. The zero-order valence-electron chi connectivity index (χ0n) is 10.8. The number of nitrogens with zero attached hydrogens (tertiary/aromatic N) is 1. The first kappa shape index (κ1) is 13.9. The van der Waals surface area contributed by atoms with Gasteiger partial charge in [-0.3, -0.25) is 9.59 Å². The summed E-state index contributed by atoms with van der Waals surface area (Å²) in [4.78, 5) is 24.5. The number of hydrogen-bond acceptors (Lipinski definition) is 2. The van der Waals surface area contributed by atoms with Gasteiger partial charge in [-0.05, 0) is 25.0 Å². The van der Waals surface area contributed by atoms with Crippen molar-refractivity contribution in [2.75, 3.05) is 7.05 Å². The van der Waals surface area contributed by atoms with E-state index in [2.05, 4.69) is 0 Å². The van der Waals surface area contributed by atoms with Crippen LogP contribution in [0, 0.1) is 11.8 Å². The highest BCUT2D eigenvalue weighted by Gasteiger charge is 2.49. The quantitative estimate of drug-likeness (QED) is 0.923. The maximum Gasteiger partial charge on any atom is 0.307 e. The van der Waals surface area contributed by atoms with Crippen LogP contribution in [0.5, 0.6) is 0 Å². The Kier molecular flexibility index (Phi) is 3.80. The predicted molar refractivity (Wildman–Crippen MR) is 71.9 cm³/mol. The SMILES string of the molecule is CC(c1ccccc1Cl)N(C)C(=O)C1CC1C(=O)O. The van der Waals surface area contributed by atoms with Gasteiger partial charge in [0.15, 0.2) is 0 Å². The minimum Gasteiger partial charge on any atom is -0.481 e. The van der Waals surface area contributed by atoms with Crippen molar-refractivity contribution in [3.8, 4) is 0 Å². The second-order valence-corrected chi connectivity index (χ2v) is 5.34. The summed E-state index contributed by atoms with van der Waals surface area (Å²) in [5, 5.41) is 9.47. The van der Waals surface area contributed by atoms with Crippen LogP contribution in [0.4, 0.5) is 0 Å². The molecule has 0 saturated heterocycles. The van der Waals surface area contributed by atoms with E-state index in [0.717, 1.165) is 5.56 Å². The van der Waals surface area contributed by atoms with Crippen molar-refractivity contribution in [1.29, 1.82) is 0 Å². The number of amides is 1. The lowest BCUT2D eigenvalue weighted by molar-refractivity contribution is -0.142. The van der Waals surface area contributed by atoms with Gasteiger partial charge in [-0.25, -0.2) is 0 Å². The Morgan fingerprint density at radius 1 is 1.37 bits per heavy atom. The lowest BCUT2D eigenvalue weighted by atomic mass is 10.1. The van der Waals surface area contributed by atoms with Crippen LogP contribution in [0.15, 0.2) is 24.3 Å². The molecule has 1 fully saturated rings. The zero-order valence-corrected chi connectivity index (χ0v) is 11.6. The summed E-state index contributed by atoms with van der Waals surface area (Å²) in [6.45, 7) is 1.89. The fourth-order valence-corrected chi connectivity index (χ4v) is 2.51. The van der Waals surface area contributed by atoms with Crippen molar-refractivity contribution in [3.05, 3.63) is 34.9 Å². The standard InChI is InChI=1S/C14H16ClNO3/c1-8(9-5-3-4-6-12(9)15)16(2)13(17)10-7-11(10)14(18)19/h3-6,8,10-11H,7H2,1-2H3,(H,18,19). The maximum absolute atomic E-state index is 12.2. The molecule has 1 aromatic carbocycles. The number of carbonyl (C=O) groups excluding carboxylic acids is 1. The van der Waals surface area contributed by atoms with E-state index >= 15 is 0 Å². The fraction of sp³-hybridized carbons (Fsp3) is 0.429. The average molecular weight is 282 g/mol. The molecule has 1 aliphatic rings. The molecular formula is C14H16ClNO3. The van der Waals surface area contributed by atoms with Gasteiger partial charge in [0.2, 0.25) is 5.91 Å². The van der Waals surface area contributed by atoms with Gasteiger partial charge in [0, 0.05) is 12.1 Å². The Hall–Kier alpha value is -1.55. The smallest absolute Gasteiger partial charge is 0.307 e. The van der Waals surface area contributed by atoms with Crippen molar-refractivity contribution in [2.24, 2.45) is 11.8 Å². The molecule has 0 radical (unpaired) electrons. The van der Waals surface area contributed by atoms with Gasteiger partial charge in [-0.1, -0.05) is 29.8 Å². The van der Waals surface area contributed by atoms with Crippen LogP contribution in [0.2, 0.25) is 5.02 Å². The van der Waals surface area contributed by atoms with E-state index in [9.17, 15) is 9.59 Å². The second-order valence-electron chi connectivity index (χ2n) is 4.93. The molecule has 1 aliphatic carbocycles. The molecular weight excluding hydrogens is 266 g/mol. The minimum absolute atomic E-state index is 0.125. The number of benzene rings is 1. The van der Waals surface area contributed by atoms with E-state index in [-0.39, 0.29) is 17.9 Å². The first-order chi connectivity index (χ1) is 8.93. The molecule has 0 aromatic heterocycles. The van der Waals surface area contributed by atoms with Crippen molar-refractivity contribution >= 4 is 23.5 Å². The van der Waals surface area contributed by atoms with Crippen LogP contribution in [0.25, 0.3) is 0 Å². The van der Waals surface area contributed by atoms with Gasteiger partial charge < -0.3 is 10.0 Å². The van der Waals surface area contributed by atoms with Crippen LogP contribution in [-0.2, 0) is 9.59 Å². The molecule has 0 spiro atoms. The first-order valence-electron chi connectivity index (χ1n) is 6.17. The summed E-state index contributed by atoms with van der Waals surface area (Å²) in [6.07, 6.45) is 0.438. The van der Waals surface area contributed by atoms with Crippen LogP contribution >= 0.6 is 11.6 Å². The van der Waals surface area contributed by atoms with Gasteiger partial charge in [0.25, 0.3) is 0 Å². The number of halogens is 1. The van der Waals surface area contributed by atoms with Crippen molar-refractivity contribution in [2.45, 2.75) is 19.4 Å². The topological polar surface area (TPSA) is 57.6 Å². The molecule has 1 N–H and O–H groups in total. The van der Waals surface area contributed by atoms with E-state index < -0.39 is 11.9 Å². The normalized spacial score (nSPS) is 22.7. The fourth-order valence-electron chi connectivity index (χ4n) is 2.22. The van der Waals surface area contributed by atoms with E-state index in [1.54, 1.807) is 18.0 Å². The summed E-state index contributed by atoms with van der Waals surface area (Å²) in [5.74, 6) is -1.92. The lowest BCUT2D eigenvalue weighted by Gasteiger charge is -2.26. The molecule has 0 aliphatic heterocycles. The summed E-state index contributed by atoms with van der Waals surface area (Å²) in [7, 11) is 1.69. The number of rotatable bonds is 4. The Morgan fingerprint density at radius 3 is 2.53 bits per heavy atom. The Balaban J connectivity index is 2.08. The van der Waals surface area contributed by atoms with Crippen LogP contribution in [-0.4, -0.2) is 28.9 Å². The van der Waals surface area contributed by atoms with E-state index in [1.165, 1.54) is 0 Å². The van der Waals surface area contributed by atoms with Gasteiger partial charge in [-0.2, -0.15) is 0 Å². The van der Waals surface area contributed by atoms with E-state index in [0.29, 0.717) is 11.4 Å². The van der Waals surface area contributed by atoms with Gasteiger partial charge in [0.1, 0.15) is 0 Å². The number of carboxylic acid groups (broad SMARTS) is 1. The molecule has 4 nitrogen and oxygen atoms in total. The zero-order chi connectivity index (χ0) is 14.2. The third kappa shape index (κ3) is 2.73. The minimum atomic E-state index is -0.892. The molecule has 0 heterocycles.